The molecule has 2 N–H and O–H groups in total. The first-order chi connectivity index (χ1) is 9.44. The van der Waals surface area contributed by atoms with Gasteiger partial charge in [-0.25, -0.2) is 17.9 Å². The Morgan fingerprint density at radius 3 is 2.85 bits per heavy atom. The summed E-state index contributed by atoms with van der Waals surface area (Å²) in [6.07, 6.45) is 2.89. The van der Waals surface area contributed by atoms with Crippen molar-refractivity contribution in [2.24, 2.45) is 0 Å². The van der Waals surface area contributed by atoms with E-state index in [0.717, 1.165) is 36.4 Å². The van der Waals surface area contributed by atoms with E-state index in [4.69, 9.17) is 5.11 Å². The molecule has 1 aromatic rings. The largest absolute Gasteiger partial charge is 0.477 e. The summed E-state index contributed by atoms with van der Waals surface area (Å²) in [4.78, 5) is 10.9. The Labute approximate surface area is 126 Å². The molecular weight excluding hydrogens is 318 g/mol. The van der Waals surface area contributed by atoms with Crippen LogP contribution in [0.3, 0.4) is 0 Å². The first-order valence-corrected chi connectivity index (χ1v) is 9.76. The molecule has 0 radical (unpaired) electrons. The molecule has 1 aliphatic carbocycles. The van der Waals surface area contributed by atoms with E-state index in [1.165, 1.54) is 12.1 Å². The average molecular weight is 335 g/mol. The van der Waals surface area contributed by atoms with E-state index < -0.39 is 16.0 Å². The number of carbonyl (C=O) groups is 1. The van der Waals surface area contributed by atoms with Crippen LogP contribution < -0.4 is 4.72 Å². The maximum atomic E-state index is 12.3. The molecule has 0 aromatic carbocycles. The van der Waals surface area contributed by atoms with E-state index in [2.05, 4.69) is 11.6 Å². The van der Waals surface area contributed by atoms with E-state index >= 15 is 0 Å². The highest BCUT2D eigenvalue weighted by Gasteiger charge is 2.32. The number of thiophene rings is 1. The highest BCUT2D eigenvalue weighted by Crippen LogP contribution is 2.31. The van der Waals surface area contributed by atoms with E-state index in [1.54, 1.807) is 11.8 Å². The molecule has 8 heteroatoms. The van der Waals surface area contributed by atoms with E-state index in [0.29, 0.717) is 5.25 Å². The summed E-state index contributed by atoms with van der Waals surface area (Å²) >= 11 is 2.56. The summed E-state index contributed by atoms with van der Waals surface area (Å²) < 4.78 is 27.3. The molecule has 2 atom stereocenters. The van der Waals surface area contributed by atoms with Crippen LogP contribution in [0.1, 0.15) is 35.9 Å². The standard InChI is InChI=1S/C12H17NO4S3/c1-2-18-9-5-3-4-8(9)13-20(16,17)11-7-6-10(19-11)12(14)15/h6-9,13H,2-5H2,1H3,(H,14,15). The van der Waals surface area contributed by atoms with Crippen molar-refractivity contribution in [1.29, 1.82) is 0 Å². The third-order valence-corrected chi connectivity index (χ3v) is 7.58. The lowest BCUT2D eigenvalue weighted by atomic mass is 10.3. The first-order valence-electron chi connectivity index (χ1n) is 6.41. The Kier molecular flexibility index (Phi) is 5.11. The Morgan fingerprint density at radius 1 is 1.50 bits per heavy atom. The van der Waals surface area contributed by atoms with Crippen molar-refractivity contribution in [3.05, 3.63) is 17.0 Å². The molecule has 0 aliphatic heterocycles. The molecule has 0 spiro atoms. The lowest BCUT2D eigenvalue weighted by Crippen LogP contribution is -2.38. The maximum Gasteiger partial charge on any atom is 0.345 e. The molecule has 1 saturated carbocycles. The van der Waals surface area contributed by atoms with E-state index in [-0.39, 0.29) is 15.1 Å². The van der Waals surface area contributed by atoms with Crippen molar-refractivity contribution in [3.63, 3.8) is 0 Å². The summed E-state index contributed by atoms with van der Waals surface area (Å²) in [7, 11) is -3.62. The van der Waals surface area contributed by atoms with Crippen LogP contribution in [0.25, 0.3) is 0 Å². The van der Waals surface area contributed by atoms with Crippen LogP contribution in [0.15, 0.2) is 16.3 Å². The lowest BCUT2D eigenvalue weighted by molar-refractivity contribution is 0.0702. The van der Waals surface area contributed by atoms with Crippen molar-refractivity contribution in [3.8, 4) is 0 Å². The summed E-state index contributed by atoms with van der Waals surface area (Å²) in [6.45, 7) is 2.06. The number of sulfonamides is 1. The molecule has 112 valence electrons. The molecule has 2 rings (SSSR count). The number of hydrogen-bond acceptors (Lipinski definition) is 5. The number of carboxylic acid groups (broad SMARTS) is 1. The van der Waals surface area contributed by atoms with Gasteiger partial charge in [-0.3, -0.25) is 0 Å². The lowest BCUT2D eigenvalue weighted by Gasteiger charge is -2.19. The summed E-state index contributed by atoms with van der Waals surface area (Å²) in [6, 6.07) is 2.63. The van der Waals surface area contributed by atoms with Crippen molar-refractivity contribution in [2.45, 2.75) is 41.7 Å². The van der Waals surface area contributed by atoms with Crippen molar-refractivity contribution < 1.29 is 18.3 Å². The molecule has 0 saturated heterocycles. The SMILES string of the molecule is CCSC1CCCC1NS(=O)(=O)c1ccc(C(=O)O)s1. The molecule has 0 bridgehead atoms. The molecule has 2 unspecified atom stereocenters. The van der Waals surface area contributed by atoms with E-state index in [1.807, 2.05) is 0 Å². The van der Waals surface area contributed by atoms with Gasteiger partial charge in [-0.05, 0) is 30.7 Å². The highest BCUT2D eigenvalue weighted by atomic mass is 32.2. The van der Waals surface area contributed by atoms with Crippen LogP contribution in [-0.4, -0.2) is 36.5 Å². The number of hydrogen-bond donors (Lipinski definition) is 2. The summed E-state index contributed by atoms with van der Waals surface area (Å²) in [5.74, 6) is -0.137. The number of rotatable bonds is 6. The van der Waals surface area contributed by atoms with Gasteiger partial charge in [0.25, 0.3) is 0 Å². The molecule has 1 heterocycles. The van der Waals surface area contributed by atoms with Crippen LogP contribution in [0, 0.1) is 0 Å². The quantitative estimate of drug-likeness (QED) is 0.834. The second-order valence-corrected chi connectivity index (χ2v) is 9.12. The van der Waals surface area contributed by atoms with Gasteiger partial charge in [0.05, 0.1) is 0 Å². The Bertz CT molecular complexity index is 581. The van der Waals surface area contributed by atoms with Gasteiger partial charge in [0.15, 0.2) is 0 Å². The maximum absolute atomic E-state index is 12.3. The fourth-order valence-electron chi connectivity index (χ4n) is 2.31. The van der Waals surface area contributed by atoms with Gasteiger partial charge in [0, 0.05) is 11.3 Å². The monoisotopic (exact) mass is 335 g/mol. The van der Waals surface area contributed by atoms with Crippen molar-refractivity contribution in [2.75, 3.05) is 5.75 Å². The molecule has 20 heavy (non-hydrogen) atoms. The minimum atomic E-state index is -3.62. The van der Waals surface area contributed by atoms with Crippen molar-refractivity contribution >= 4 is 39.1 Å². The van der Waals surface area contributed by atoms with Gasteiger partial charge in [0.1, 0.15) is 9.09 Å². The average Bonchev–Trinajstić information content (AvgIpc) is 2.99. The number of aromatic carboxylic acids is 1. The molecule has 1 fully saturated rings. The molecular formula is C12H17NO4S3. The van der Waals surface area contributed by atoms with Gasteiger partial charge < -0.3 is 5.11 Å². The van der Waals surface area contributed by atoms with E-state index in [9.17, 15) is 13.2 Å². The molecule has 1 aromatic heterocycles. The van der Waals surface area contributed by atoms with Gasteiger partial charge in [-0.2, -0.15) is 11.8 Å². The number of thioether (sulfide) groups is 1. The molecule has 0 amide bonds. The topological polar surface area (TPSA) is 83.5 Å². The summed E-state index contributed by atoms with van der Waals surface area (Å²) in [5, 5.41) is 9.17. The number of nitrogens with one attached hydrogen (secondary N) is 1. The Hall–Kier alpha value is -0.570. The minimum Gasteiger partial charge on any atom is -0.477 e. The second kappa shape index (κ2) is 6.46. The second-order valence-electron chi connectivity index (χ2n) is 4.58. The first kappa shape index (κ1) is 15.8. The molecule has 1 aliphatic rings. The van der Waals surface area contributed by atoms with Crippen LogP contribution in [0.2, 0.25) is 0 Å². The van der Waals surface area contributed by atoms with Crippen LogP contribution in [0.5, 0.6) is 0 Å². The third-order valence-electron chi connectivity index (χ3n) is 3.20. The fourth-order valence-corrected chi connectivity index (χ4v) is 6.07. The van der Waals surface area contributed by atoms with Crippen molar-refractivity contribution in [1.82, 2.24) is 4.72 Å². The fraction of sp³-hybridized carbons (Fsp3) is 0.583. The van der Waals surface area contributed by atoms with Gasteiger partial charge >= 0.3 is 5.97 Å². The Balaban J connectivity index is 2.12. The highest BCUT2D eigenvalue weighted by molar-refractivity contribution is 8.00. The van der Waals surface area contributed by atoms with Crippen LogP contribution >= 0.6 is 23.1 Å². The van der Waals surface area contributed by atoms with Crippen LogP contribution in [-0.2, 0) is 10.0 Å². The third kappa shape index (κ3) is 3.55. The van der Waals surface area contributed by atoms with Gasteiger partial charge in [-0.1, -0.05) is 13.3 Å². The predicted octanol–water partition coefficient (Wildman–Crippen LogP) is 2.40. The van der Waals surface area contributed by atoms with Crippen LogP contribution in [0.4, 0.5) is 0 Å². The minimum absolute atomic E-state index is 0.0382. The zero-order valence-electron chi connectivity index (χ0n) is 11.0. The zero-order valence-corrected chi connectivity index (χ0v) is 13.5. The summed E-state index contributed by atoms with van der Waals surface area (Å²) in [5.41, 5.74) is 0. The molecule has 5 nitrogen and oxygen atoms in total. The van der Waals surface area contributed by atoms with Gasteiger partial charge in [0.2, 0.25) is 10.0 Å². The Morgan fingerprint density at radius 2 is 2.25 bits per heavy atom. The predicted molar refractivity (Wildman–Crippen MR) is 81.2 cm³/mol. The smallest absolute Gasteiger partial charge is 0.345 e. The normalized spacial score (nSPS) is 23.1. The van der Waals surface area contributed by atoms with Gasteiger partial charge in [-0.15, -0.1) is 11.3 Å². The number of carboxylic acids is 1. The zero-order chi connectivity index (χ0) is 14.8.